The fourth-order valence-electron chi connectivity index (χ4n) is 5.80. The van der Waals surface area contributed by atoms with Crippen molar-refractivity contribution in [2.45, 2.75) is 133 Å². The molecule has 0 aliphatic heterocycles. The Hall–Kier alpha value is -6.35. The van der Waals surface area contributed by atoms with E-state index in [9.17, 15) is 87.9 Å². The lowest BCUT2D eigenvalue weighted by atomic mass is 10.0. The first-order valence-corrected chi connectivity index (χ1v) is 23.3. The van der Waals surface area contributed by atoms with Gasteiger partial charge < -0.3 is 89.5 Å². The van der Waals surface area contributed by atoms with Crippen LogP contribution in [0.25, 0.3) is 0 Å². The Morgan fingerprint density at radius 3 is 1.29 bits per heavy atom. The van der Waals surface area contributed by atoms with Crippen molar-refractivity contribution in [2.24, 2.45) is 11.7 Å². The second-order valence-electron chi connectivity index (χ2n) is 16.5. The summed E-state index contributed by atoms with van der Waals surface area (Å²) in [6, 6.07) is -15.8. The van der Waals surface area contributed by atoms with E-state index in [0.29, 0.717) is 0 Å². The number of carbonyl (C=O) groups is 13. The average molecular weight is 1070 g/mol. The highest BCUT2D eigenvalue weighted by Crippen LogP contribution is 2.08. The number of rotatable bonds is 34. The molecular weight excluding hydrogens is 1000 g/mol. The van der Waals surface area contributed by atoms with Crippen molar-refractivity contribution in [2.75, 3.05) is 31.3 Å². The van der Waals surface area contributed by atoms with E-state index in [1.165, 1.54) is 6.92 Å². The first-order chi connectivity index (χ1) is 33.5. The highest BCUT2D eigenvalue weighted by atomic mass is 32.1. The Kier molecular flexibility index (Phi) is 30.4. The minimum absolute atomic E-state index is 0.0606. The first-order valence-electron chi connectivity index (χ1n) is 22.1. The molecule has 0 fully saturated rings. The van der Waals surface area contributed by atoms with Crippen molar-refractivity contribution in [3.8, 4) is 0 Å². The summed E-state index contributed by atoms with van der Waals surface area (Å²) >= 11 is 7.71. The van der Waals surface area contributed by atoms with E-state index in [-0.39, 0.29) is 23.8 Å². The number of thiol groups is 2. The van der Waals surface area contributed by atoms with Crippen molar-refractivity contribution >= 4 is 102 Å². The van der Waals surface area contributed by atoms with Gasteiger partial charge in [0.1, 0.15) is 54.4 Å². The SMILES string of the molecule is CC(C)C[C@H](NC(=O)[C@H](CO)NC(=O)[C@H](CCC(=O)O)NC(=O)[C@H](CO)NC(=O)[C@H](C)NC(=O)[C@H](CCC(=O)O)NC(=O)[C@@H](NC(=O)[C@@H](N)CS)[C@@H](C)O)C(=O)N[C@@H](C)C(=O)NCC(=O)N[C@@H](CS)C(=O)O. The van der Waals surface area contributed by atoms with Crippen LogP contribution in [0.3, 0.4) is 0 Å². The molecule has 0 spiro atoms. The lowest BCUT2D eigenvalue weighted by Gasteiger charge is -2.27. The molecule has 408 valence electrons. The van der Waals surface area contributed by atoms with E-state index in [1.54, 1.807) is 13.8 Å². The highest BCUT2D eigenvalue weighted by molar-refractivity contribution is 7.80. The molecule has 0 aliphatic rings. The average Bonchev–Trinajstić information content (AvgIpc) is 3.30. The summed E-state index contributed by atoms with van der Waals surface area (Å²) in [5, 5.41) is 79.8. The number of carboxylic acids is 3. The van der Waals surface area contributed by atoms with Gasteiger partial charge in [0.25, 0.3) is 0 Å². The molecule has 0 bridgehead atoms. The van der Waals surface area contributed by atoms with Crippen LogP contribution in [0.5, 0.6) is 0 Å². The molecule has 72 heavy (non-hydrogen) atoms. The summed E-state index contributed by atoms with van der Waals surface area (Å²) in [6.07, 6.45) is -4.30. The summed E-state index contributed by atoms with van der Waals surface area (Å²) in [5.74, 6) is -15.6. The molecule has 0 heterocycles. The van der Waals surface area contributed by atoms with E-state index in [4.69, 9.17) is 10.8 Å². The van der Waals surface area contributed by atoms with Crippen LogP contribution in [0.4, 0.5) is 0 Å². The molecule has 0 unspecified atom stereocenters. The quantitative estimate of drug-likeness (QED) is 0.0266. The predicted octanol–water partition coefficient (Wildman–Crippen LogP) is -8.08. The zero-order valence-electron chi connectivity index (χ0n) is 40.0. The second-order valence-corrected chi connectivity index (χ2v) is 17.2. The smallest absolute Gasteiger partial charge is 0.327 e. The Balaban J connectivity index is 6.03. The number of nitrogens with one attached hydrogen (secondary N) is 10. The number of carbonyl (C=O) groups excluding carboxylic acids is 10. The maximum atomic E-state index is 13.5. The number of aliphatic hydroxyl groups is 3. The van der Waals surface area contributed by atoms with Crippen LogP contribution in [0.1, 0.15) is 66.7 Å². The standard InChI is InChI=1S/C40H67N11O19S2/c1-16(2)10-23(36(65)43-17(3)31(60)42-11-27(55)45-26(15-72)40(69)70)48-38(67)25(13-53)50-35(64)22(7-9-29(58)59)46-37(66)24(12-52)49-32(61)18(4)44-34(63)21(6-8-28(56)57)47-39(68)30(19(5)54)51-33(62)20(41)14-71/h16-26,30,52-54,71-72H,6-15,41H2,1-5H3,(H,42,60)(H,43,65)(H,44,63)(H,45,55)(H,46,66)(H,47,68)(H,48,67)(H,49,61)(H,50,64)(H,51,62)(H,56,57)(H,58,59)(H,69,70)/t17-,18-,19+,20-,21-,22-,23-,24-,25-,26-,30-/m0/s1. The predicted molar refractivity (Wildman–Crippen MR) is 254 cm³/mol. The van der Waals surface area contributed by atoms with E-state index >= 15 is 0 Å². The first kappa shape index (κ1) is 65.7. The maximum absolute atomic E-state index is 13.5. The van der Waals surface area contributed by atoms with Gasteiger partial charge in [-0.1, -0.05) is 13.8 Å². The normalized spacial score (nSPS) is 15.6. The minimum Gasteiger partial charge on any atom is -0.481 e. The summed E-state index contributed by atoms with van der Waals surface area (Å²) in [4.78, 5) is 164. The third kappa shape index (κ3) is 24.7. The van der Waals surface area contributed by atoms with Gasteiger partial charge >= 0.3 is 17.9 Å². The van der Waals surface area contributed by atoms with Gasteiger partial charge in [0.15, 0.2) is 0 Å². The molecule has 0 aromatic carbocycles. The van der Waals surface area contributed by atoms with Crippen LogP contribution in [-0.2, 0) is 62.3 Å². The molecule has 0 aliphatic carbocycles. The zero-order valence-corrected chi connectivity index (χ0v) is 41.8. The molecule has 0 aromatic heterocycles. The van der Waals surface area contributed by atoms with Gasteiger partial charge in [-0.3, -0.25) is 57.5 Å². The number of carboxylic acid groups (broad SMARTS) is 3. The van der Waals surface area contributed by atoms with E-state index < -0.39 is 189 Å². The topological polar surface area (TPSA) is 490 Å². The van der Waals surface area contributed by atoms with Crippen LogP contribution in [0.2, 0.25) is 0 Å². The molecule has 0 saturated carbocycles. The Bertz CT molecular complexity index is 1950. The maximum Gasteiger partial charge on any atom is 0.327 e. The van der Waals surface area contributed by atoms with Crippen molar-refractivity contribution in [3.63, 3.8) is 0 Å². The lowest BCUT2D eigenvalue weighted by molar-refractivity contribution is -0.141. The van der Waals surface area contributed by atoms with Gasteiger partial charge in [-0.25, -0.2) is 4.79 Å². The van der Waals surface area contributed by atoms with Crippen molar-refractivity contribution in [1.29, 1.82) is 0 Å². The monoisotopic (exact) mass is 1070 g/mol. The molecule has 11 atom stereocenters. The zero-order chi connectivity index (χ0) is 55.6. The third-order valence-corrected chi connectivity index (χ3v) is 10.6. The van der Waals surface area contributed by atoms with Gasteiger partial charge in [0.2, 0.25) is 59.1 Å². The van der Waals surface area contributed by atoms with Crippen molar-refractivity contribution in [3.05, 3.63) is 0 Å². The van der Waals surface area contributed by atoms with E-state index in [0.717, 1.165) is 13.8 Å². The van der Waals surface area contributed by atoms with E-state index in [1.807, 2.05) is 0 Å². The van der Waals surface area contributed by atoms with Gasteiger partial charge in [-0.15, -0.1) is 0 Å². The van der Waals surface area contributed by atoms with Crippen LogP contribution in [0.15, 0.2) is 0 Å². The number of hydrogen-bond acceptors (Lipinski definition) is 19. The fourth-order valence-corrected chi connectivity index (χ4v) is 6.21. The summed E-state index contributed by atoms with van der Waals surface area (Å²) in [5.41, 5.74) is 5.60. The molecular formula is C40H67N11O19S2. The van der Waals surface area contributed by atoms with Gasteiger partial charge in [-0.2, -0.15) is 25.3 Å². The number of amides is 10. The molecule has 0 radical (unpaired) electrons. The molecule has 30 nitrogen and oxygen atoms in total. The third-order valence-electron chi connectivity index (χ3n) is 9.87. The lowest BCUT2D eigenvalue weighted by Crippen LogP contribution is -2.61. The molecule has 0 saturated heterocycles. The minimum atomic E-state index is -1.91. The van der Waals surface area contributed by atoms with Crippen molar-refractivity contribution < 1.29 is 93.0 Å². The van der Waals surface area contributed by atoms with E-state index in [2.05, 4.69) is 78.4 Å². The largest absolute Gasteiger partial charge is 0.481 e. The Morgan fingerprint density at radius 2 is 0.875 bits per heavy atom. The molecule has 0 aromatic rings. The molecule has 0 rings (SSSR count). The Morgan fingerprint density at radius 1 is 0.472 bits per heavy atom. The number of hydrogen-bond donors (Lipinski definition) is 19. The van der Waals surface area contributed by atoms with Crippen molar-refractivity contribution in [1.82, 2.24) is 53.2 Å². The number of aliphatic carboxylic acids is 3. The summed E-state index contributed by atoms with van der Waals surface area (Å²) in [6.45, 7) is 3.84. The number of aliphatic hydroxyl groups excluding tert-OH is 3. The van der Waals surface area contributed by atoms with Gasteiger partial charge in [0.05, 0.1) is 31.9 Å². The molecule has 10 amide bonds. The van der Waals surface area contributed by atoms with Gasteiger partial charge in [-0.05, 0) is 46.0 Å². The van der Waals surface area contributed by atoms with Crippen LogP contribution < -0.4 is 58.9 Å². The Labute approximate surface area is 423 Å². The molecule has 32 heteroatoms. The summed E-state index contributed by atoms with van der Waals surface area (Å²) < 4.78 is 0. The number of nitrogens with two attached hydrogens (primary N) is 1. The highest BCUT2D eigenvalue weighted by Gasteiger charge is 2.35. The van der Waals surface area contributed by atoms with Gasteiger partial charge in [0, 0.05) is 24.3 Å². The van der Waals surface area contributed by atoms with Crippen LogP contribution in [-0.4, -0.2) is 205 Å². The van der Waals surface area contributed by atoms with Crippen LogP contribution in [0, 0.1) is 5.92 Å². The second kappa shape index (κ2) is 33.3. The molecule has 18 N–H and O–H groups in total. The fraction of sp³-hybridized carbons (Fsp3) is 0.675. The van der Waals surface area contributed by atoms with Crippen LogP contribution >= 0.6 is 25.3 Å². The summed E-state index contributed by atoms with van der Waals surface area (Å²) in [7, 11) is 0.